The van der Waals surface area contributed by atoms with Gasteiger partial charge in [-0.2, -0.15) is 0 Å². The van der Waals surface area contributed by atoms with Crippen molar-refractivity contribution >= 4 is 28.5 Å². The predicted molar refractivity (Wildman–Crippen MR) is 84.3 cm³/mol. The molecule has 0 aliphatic carbocycles. The summed E-state index contributed by atoms with van der Waals surface area (Å²) < 4.78 is 18.0. The van der Waals surface area contributed by atoms with Crippen molar-refractivity contribution in [2.75, 3.05) is 13.1 Å². The molecule has 1 aliphatic rings. The molecule has 1 aliphatic heterocycles. The van der Waals surface area contributed by atoms with Gasteiger partial charge in [0.25, 0.3) is 0 Å². The van der Waals surface area contributed by atoms with Gasteiger partial charge in [0, 0.05) is 19.2 Å². The average Bonchev–Trinajstić information content (AvgIpc) is 2.45. The fraction of sp³-hybridized carbons (Fsp3) is 0.643. The minimum atomic E-state index is -1.33. The summed E-state index contributed by atoms with van der Waals surface area (Å²) in [4.78, 5) is 21.5. The smallest absolute Gasteiger partial charge is 0.410 e. The van der Waals surface area contributed by atoms with Crippen LogP contribution in [0.25, 0.3) is 0 Å². The molecule has 22 heavy (non-hydrogen) atoms. The lowest BCUT2D eigenvalue weighted by atomic mass is 10.1. The van der Waals surface area contributed by atoms with Crippen molar-refractivity contribution in [2.45, 2.75) is 49.5 Å². The molecule has 0 N–H and O–H groups in total. The molecule has 2 rings (SSSR count). The predicted octanol–water partition coefficient (Wildman–Crippen LogP) is 2.64. The highest BCUT2D eigenvalue weighted by Gasteiger charge is 2.31. The van der Waals surface area contributed by atoms with Crippen LogP contribution in [-0.4, -0.2) is 49.1 Å². The third-order valence-electron chi connectivity index (χ3n) is 3.15. The number of nitrogens with zero attached hydrogens (tertiary/aromatic N) is 3. The Balaban J connectivity index is 2.04. The summed E-state index contributed by atoms with van der Waals surface area (Å²) >= 11 is 5.81. The molecule has 122 valence electrons. The van der Waals surface area contributed by atoms with Gasteiger partial charge in [0.1, 0.15) is 22.1 Å². The van der Waals surface area contributed by atoms with Crippen molar-refractivity contribution in [1.29, 1.82) is 0 Å². The highest BCUT2D eigenvalue weighted by molar-refractivity contribution is 7.85. The molecule has 0 saturated carbocycles. The first kappa shape index (κ1) is 17.1. The van der Waals surface area contributed by atoms with E-state index >= 15 is 0 Å². The zero-order chi connectivity index (χ0) is 16.3. The molecule has 8 heteroatoms. The zero-order valence-corrected chi connectivity index (χ0v) is 14.5. The number of halogens is 1. The van der Waals surface area contributed by atoms with Crippen LogP contribution in [0.15, 0.2) is 17.4 Å². The summed E-state index contributed by atoms with van der Waals surface area (Å²) in [5, 5.41) is 0.487. The zero-order valence-electron chi connectivity index (χ0n) is 12.9. The lowest BCUT2D eigenvalue weighted by Gasteiger charge is -2.33. The number of piperidine rings is 1. The highest BCUT2D eigenvalue weighted by atomic mass is 35.5. The summed E-state index contributed by atoms with van der Waals surface area (Å²) in [5.74, 6) is 0. The maximum atomic E-state index is 12.6. The van der Waals surface area contributed by atoms with Crippen LogP contribution in [0.1, 0.15) is 33.6 Å². The molecule has 0 spiro atoms. The Morgan fingerprint density at radius 2 is 2.18 bits per heavy atom. The number of aromatic nitrogens is 2. The second kappa shape index (κ2) is 6.91. The third-order valence-corrected chi connectivity index (χ3v) is 4.98. The quantitative estimate of drug-likeness (QED) is 0.770. The van der Waals surface area contributed by atoms with Gasteiger partial charge in [-0.3, -0.25) is 4.21 Å². The van der Waals surface area contributed by atoms with Crippen LogP contribution in [0.5, 0.6) is 0 Å². The number of rotatable bonds is 2. The molecule has 1 amide bonds. The van der Waals surface area contributed by atoms with Crippen LogP contribution >= 0.6 is 11.6 Å². The normalized spacial score (nSPS) is 20.5. The second-order valence-electron chi connectivity index (χ2n) is 6.17. The van der Waals surface area contributed by atoms with Gasteiger partial charge in [0.2, 0.25) is 0 Å². The van der Waals surface area contributed by atoms with E-state index in [9.17, 15) is 9.00 Å². The Kier molecular flexibility index (Phi) is 5.39. The maximum absolute atomic E-state index is 12.6. The van der Waals surface area contributed by atoms with Gasteiger partial charge in [-0.1, -0.05) is 11.6 Å². The van der Waals surface area contributed by atoms with Gasteiger partial charge in [-0.05, 0) is 33.6 Å². The molecule has 0 radical (unpaired) electrons. The van der Waals surface area contributed by atoms with E-state index in [0.717, 1.165) is 12.8 Å². The largest absolute Gasteiger partial charge is 0.444 e. The van der Waals surface area contributed by atoms with Crippen molar-refractivity contribution in [3.63, 3.8) is 0 Å². The molecule has 0 unspecified atom stereocenters. The molecule has 6 nitrogen and oxygen atoms in total. The van der Waals surface area contributed by atoms with Crippen molar-refractivity contribution in [1.82, 2.24) is 14.9 Å². The number of carbonyl (C=O) groups excluding carboxylic acids is 1. The molecule has 1 fully saturated rings. The Morgan fingerprint density at radius 3 is 2.82 bits per heavy atom. The van der Waals surface area contributed by atoms with E-state index in [1.807, 2.05) is 20.8 Å². The van der Waals surface area contributed by atoms with E-state index in [-0.39, 0.29) is 16.5 Å². The molecule has 1 saturated heterocycles. The van der Waals surface area contributed by atoms with Gasteiger partial charge < -0.3 is 9.64 Å². The van der Waals surface area contributed by atoms with Crippen LogP contribution in [0, 0.1) is 0 Å². The topological polar surface area (TPSA) is 72.4 Å². The van der Waals surface area contributed by atoms with Crippen molar-refractivity contribution in [3.8, 4) is 0 Å². The molecule has 0 bridgehead atoms. The molecular weight excluding hydrogens is 326 g/mol. The summed E-state index contributed by atoms with van der Waals surface area (Å²) in [7, 11) is -1.33. The van der Waals surface area contributed by atoms with E-state index in [1.165, 1.54) is 12.4 Å². The summed E-state index contributed by atoms with van der Waals surface area (Å²) in [6.07, 6.45) is 2.49. The van der Waals surface area contributed by atoms with Gasteiger partial charge in [-0.25, -0.2) is 14.8 Å². The Labute approximate surface area is 137 Å². The van der Waals surface area contributed by atoms with Gasteiger partial charge in [-0.15, -0.1) is 0 Å². The molecule has 1 aromatic rings. The van der Waals surface area contributed by atoms with Gasteiger partial charge in [0.15, 0.2) is 0 Å². The molecule has 1 aromatic heterocycles. The van der Waals surface area contributed by atoms with Crippen molar-refractivity contribution < 1.29 is 13.7 Å². The first-order chi connectivity index (χ1) is 10.3. The van der Waals surface area contributed by atoms with Crippen molar-refractivity contribution in [2.24, 2.45) is 0 Å². The SMILES string of the molecule is CC(C)(C)OC(=O)N1CCC[C@@H]([S@](=O)c2cc(Cl)ncn2)C1. The number of hydrogen-bond donors (Lipinski definition) is 0. The second-order valence-corrected chi connectivity index (χ2v) is 8.23. The lowest BCUT2D eigenvalue weighted by Crippen LogP contribution is -2.45. The first-order valence-electron chi connectivity index (χ1n) is 7.12. The van der Waals surface area contributed by atoms with E-state index in [4.69, 9.17) is 16.3 Å². The van der Waals surface area contributed by atoms with Crippen LogP contribution < -0.4 is 0 Å². The number of likely N-dealkylation sites (tertiary alicyclic amines) is 1. The van der Waals surface area contributed by atoms with Crippen LogP contribution in [0.2, 0.25) is 5.15 Å². The minimum Gasteiger partial charge on any atom is -0.444 e. The monoisotopic (exact) mass is 345 g/mol. The Morgan fingerprint density at radius 1 is 1.45 bits per heavy atom. The molecule has 0 aromatic carbocycles. The van der Waals surface area contributed by atoms with Crippen LogP contribution in [-0.2, 0) is 15.5 Å². The van der Waals surface area contributed by atoms with E-state index in [1.54, 1.807) is 4.90 Å². The van der Waals surface area contributed by atoms with E-state index in [2.05, 4.69) is 9.97 Å². The maximum Gasteiger partial charge on any atom is 0.410 e. The molecule has 2 heterocycles. The fourth-order valence-corrected chi connectivity index (χ4v) is 3.83. The highest BCUT2D eigenvalue weighted by Crippen LogP contribution is 2.22. The lowest BCUT2D eigenvalue weighted by molar-refractivity contribution is 0.0219. The fourth-order valence-electron chi connectivity index (χ4n) is 2.20. The van der Waals surface area contributed by atoms with Crippen LogP contribution in [0.4, 0.5) is 4.79 Å². The Hall–Kier alpha value is -1.21. The number of carbonyl (C=O) groups is 1. The van der Waals surface area contributed by atoms with Crippen molar-refractivity contribution in [3.05, 3.63) is 17.5 Å². The number of ether oxygens (including phenoxy) is 1. The van der Waals surface area contributed by atoms with Gasteiger partial charge in [0.05, 0.1) is 16.0 Å². The number of amides is 1. The standard InChI is InChI=1S/C14H20ClN3O3S/c1-14(2,3)21-13(19)18-6-4-5-10(8-18)22(20)12-7-11(15)16-9-17-12/h7,9-10H,4-6,8H2,1-3H3/t10-,22+/m1/s1. The van der Waals surface area contributed by atoms with Crippen LogP contribution in [0.3, 0.4) is 0 Å². The third kappa shape index (κ3) is 4.64. The minimum absolute atomic E-state index is 0.174. The molecular formula is C14H20ClN3O3S. The average molecular weight is 346 g/mol. The summed E-state index contributed by atoms with van der Waals surface area (Å²) in [6.45, 7) is 6.49. The Bertz CT molecular complexity index is 577. The first-order valence-corrected chi connectivity index (χ1v) is 8.71. The molecule has 2 atom stereocenters. The summed E-state index contributed by atoms with van der Waals surface area (Å²) in [5.41, 5.74) is -0.538. The van der Waals surface area contributed by atoms with Gasteiger partial charge >= 0.3 is 6.09 Å². The summed E-state index contributed by atoms with van der Waals surface area (Å²) in [6, 6.07) is 1.50. The van der Waals surface area contributed by atoms with E-state index < -0.39 is 16.4 Å². The number of hydrogen-bond acceptors (Lipinski definition) is 5. The van der Waals surface area contributed by atoms with E-state index in [0.29, 0.717) is 18.1 Å².